The molecule has 0 saturated carbocycles. The van der Waals surface area contributed by atoms with E-state index < -0.39 is 29.2 Å². The minimum atomic E-state index is -1.30. The Bertz CT molecular complexity index is 1140. The average molecular weight is 707 g/mol. The van der Waals surface area contributed by atoms with E-state index >= 15 is 0 Å². The third-order valence-corrected chi connectivity index (χ3v) is 6.91. The molecule has 2 aromatic rings. The molecule has 0 aliphatic carbocycles. The van der Waals surface area contributed by atoms with Crippen molar-refractivity contribution < 1.29 is 60.6 Å². The van der Waals surface area contributed by atoms with Crippen LogP contribution in [0.1, 0.15) is 25.0 Å². The molecule has 1 aromatic heterocycles. The normalized spacial score (nSPS) is 13.4. The molecule has 0 radical (unpaired) electrons. The van der Waals surface area contributed by atoms with Crippen LogP contribution in [0, 0.1) is 17.5 Å². The Labute approximate surface area is 284 Å². The Hall–Kier alpha value is -2.74. The number of halogens is 3. The Balaban J connectivity index is 1.01. The van der Waals surface area contributed by atoms with Crippen LogP contribution in [-0.2, 0) is 55.8 Å². The molecule has 3 rings (SSSR count). The topological polar surface area (TPSA) is 134 Å². The van der Waals surface area contributed by atoms with Gasteiger partial charge >= 0.3 is 5.97 Å². The number of likely N-dealkylation sites (tertiary alicyclic amines) is 1. The zero-order valence-corrected chi connectivity index (χ0v) is 28.0. The Morgan fingerprint density at radius 2 is 1.10 bits per heavy atom. The summed E-state index contributed by atoms with van der Waals surface area (Å²) in [6.45, 7) is 10.5. The molecule has 0 bridgehead atoms. The minimum absolute atomic E-state index is 0.0350. The highest BCUT2D eigenvalue weighted by Crippen LogP contribution is 2.23. The first-order valence-electron chi connectivity index (χ1n) is 16.6. The number of aromatic nitrogens is 3. The first-order chi connectivity index (χ1) is 24.0. The molecule has 1 aromatic carbocycles. The summed E-state index contributed by atoms with van der Waals surface area (Å²) in [5.74, 6) is -5.56. The van der Waals surface area contributed by atoms with Crippen LogP contribution in [0.5, 0.6) is 5.75 Å². The van der Waals surface area contributed by atoms with Crippen LogP contribution in [0.3, 0.4) is 0 Å². The summed E-state index contributed by atoms with van der Waals surface area (Å²) in [6.07, 6.45) is 4.16. The molecule has 0 N–H and O–H groups in total. The van der Waals surface area contributed by atoms with Crippen molar-refractivity contribution in [1.29, 1.82) is 0 Å². The lowest BCUT2D eigenvalue weighted by molar-refractivity contribution is -0.136. The highest BCUT2D eigenvalue weighted by atomic mass is 19.1. The van der Waals surface area contributed by atoms with Gasteiger partial charge in [0.05, 0.1) is 125 Å². The predicted octanol–water partition coefficient (Wildman–Crippen LogP) is 2.42. The number of carbonyl (C=O) groups excluding carboxylic acids is 1. The van der Waals surface area contributed by atoms with Gasteiger partial charge < -0.3 is 47.5 Å². The third kappa shape index (κ3) is 19.3. The van der Waals surface area contributed by atoms with Crippen molar-refractivity contribution in [3.63, 3.8) is 0 Å². The summed E-state index contributed by atoms with van der Waals surface area (Å²) < 4.78 is 90.0. The lowest BCUT2D eigenvalue weighted by Crippen LogP contribution is -2.24. The van der Waals surface area contributed by atoms with Crippen molar-refractivity contribution in [3.8, 4) is 5.75 Å². The number of carbonyl (C=O) groups is 1. The average Bonchev–Trinajstić information content (AvgIpc) is 3.77. The van der Waals surface area contributed by atoms with Gasteiger partial charge in [0.1, 0.15) is 11.5 Å². The second-order valence-corrected chi connectivity index (χ2v) is 10.8. The number of ether oxygens (including phenoxy) is 9. The van der Waals surface area contributed by atoms with Crippen molar-refractivity contribution >= 4 is 5.97 Å². The number of nitrogens with zero attached hydrogens (tertiary/aromatic N) is 4. The van der Waals surface area contributed by atoms with Crippen molar-refractivity contribution in [3.05, 3.63) is 41.5 Å². The first-order valence-corrected chi connectivity index (χ1v) is 16.6. The van der Waals surface area contributed by atoms with Gasteiger partial charge in [-0.3, -0.25) is 4.79 Å². The zero-order valence-electron chi connectivity index (χ0n) is 28.0. The third-order valence-electron chi connectivity index (χ3n) is 6.91. The molecule has 1 aliphatic rings. The number of rotatable bonds is 30. The fraction of sp³-hybridized carbons (Fsp3) is 0.719. The fourth-order valence-corrected chi connectivity index (χ4v) is 4.42. The van der Waals surface area contributed by atoms with E-state index in [0.29, 0.717) is 98.0 Å². The van der Waals surface area contributed by atoms with E-state index in [9.17, 15) is 18.0 Å². The Morgan fingerprint density at radius 1 is 0.633 bits per heavy atom. The van der Waals surface area contributed by atoms with E-state index in [0.717, 1.165) is 18.8 Å². The first kappa shape index (κ1) is 40.7. The molecular formula is C32H49F3N4O10. The van der Waals surface area contributed by atoms with E-state index in [4.69, 9.17) is 37.9 Å². The van der Waals surface area contributed by atoms with Gasteiger partial charge in [0.15, 0.2) is 11.6 Å². The molecule has 278 valence electrons. The number of benzene rings is 1. The molecule has 1 fully saturated rings. The molecule has 2 heterocycles. The van der Waals surface area contributed by atoms with Crippen LogP contribution in [-0.4, -0.2) is 145 Å². The lowest BCUT2D eigenvalue weighted by Gasteiger charge is -2.14. The molecule has 0 amide bonds. The van der Waals surface area contributed by atoms with Crippen molar-refractivity contribution in [1.82, 2.24) is 19.9 Å². The molecule has 0 spiro atoms. The second-order valence-electron chi connectivity index (χ2n) is 10.8. The maximum atomic E-state index is 13.5. The van der Waals surface area contributed by atoms with E-state index in [1.165, 1.54) is 25.9 Å². The molecule has 1 aliphatic heterocycles. The molecular weight excluding hydrogens is 657 g/mol. The van der Waals surface area contributed by atoms with E-state index in [1.54, 1.807) is 4.68 Å². The largest absolute Gasteiger partial charge is 0.420 e. The van der Waals surface area contributed by atoms with Crippen LogP contribution in [0.25, 0.3) is 0 Å². The van der Waals surface area contributed by atoms with Gasteiger partial charge in [0.2, 0.25) is 5.75 Å². The number of hydrogen-bond acceptors (Lipinski definition) is 13. The van der Waals surface area contributed by atoms with Crippen LogP contribution in [0.2, 0.25) is 0 Å². The monoisotopic (exact) mass is 706 g/mol. The maximum Gasteiger partial charge on any atom is 0.313 e. The number of esters is 1. The van der Waals surface area contributed by atoms with Gasteiger partial charge in [0, 0.05) is 18.7 Å². The quantitative estimate of drug-likeness (QED) is 0.0670. The molecule has 0 atom stereocenters. The highest BCUT2D eigenvalue weighted by molar-refractivity contribution is 5.72. The van der Waals surface area contributed by atoms with Crippen LogP contribution < -0.4 is 4.74 Å². The Morgan fingerprint density at radius 3 is 1.65 bits per heavy atom. The summed E-state index contributed by atoms with van der Waals surface area (Å²) >= 11 is 0. The van der Waals surface area contributed by atoms with Crippen molar-refractivity contribution in [2.45, 2.75) is 32.4 Å². The summed E-state index contributed by atoms with van der Waals surface area (Å²) in [4.78, 5) is 14.1. The van der Waals surface area contributed by atoms with Crippen LogP contribution in [0.15, 0.2) is 18.3 Å². The zero-order chi connectivity index (χ0) is 34.8. The number of hydrogen-bond donors (Lipinski definition) is 0. The van der Waals surface area contributed by atoms with Gasteiger partial charge in [-0.15, -0.1) is 5.10 Å². The molecule has 0 unspecified atom stereocenters. The molecule has 17 heteroatoms. The summed E-state index contributed by atoms with van der Waals surface area (Å²) in [7, 11) is 0. The minimum Gasteiger partial charge on any atom is -0.420 e. The SMILES string of the molecule is O=C(CCOCCOCCOCCOCCn1cc(COCCOCCOCCOCCN2CCCC2)nn1)Oc1c(F)cc(F)cc1F. The summed E-state index contributed by atoms with van der Waals surface area (Å²) in [5.41, 5.74) is 0.722. The van der Waals surface area contributed by atoms with Gasteiger partial charge in [0.25, 0.3) is 0 Å². The van der Waals surface area contributed by atoms with Crippen molar-refractivity contribution in [2.75, 3.05) is 119 Å². The van der Waals surface area contributed by atoms with Crippen molar-refractivity contribution in [2.24, 2.45) is 0 Å². The van der Waals surface area contributed by atoms with Gasteiger partial charge in [-0.1, -0.05) is 5.21 Å². The van der Waals surface area contributed by atoms with Gasteiger partial charge in [-0.2, -0.15) is 0 Å². The maximum absolute atomic E-state index is 13.5. The Kier molecular flexibility index (Phi) is 21.7. The van der Waals surface area contributed by atoms with E-state index in [-0.39, 0.29) is 26.2 Å². The van der Waals surface area contributed by atoms with Crippen LogP contribution in [0.4, 0.5) is 13.2 Å². The van der Waals surface area contributed by atoms with E-state index in [1.807, 2.05) is 6.20 Å². The predicted molar refractivity (Wildman–Crippen MR) is 168 cm³/mol. The fourth-order valence-electron chi connectivity index (χ4n) is 4.42. The standard InChI is InChI=1S/C32H49F3N4O10/c33-27-23-29(34)32(30(35)24-27)49-31(40)3-8-41-11-14-44-17-18-46-16-13-43-10-7-39-25-28(36-37-39)26-48-22-21-47-20-19-45-15-12-42-9-6-38-4-1-2-5-38/h23-25H,1-22,26H2. The van der Waals surface area contributed by atoms with Crippen LogP contribution >= 0.6 is 0 Å². The van der Waals surface area contributed by atoms with Gasteiger partial charge in [-0.25, -0.2) is 17.9 Å². The van der Waals surface area contributed by atoms with E-state index in [2.05, 4.69) is 19.9 Å². The smallest absolute Gasteiger partial charge is 0.313 e. The van der Waals surface area contributed by atoms with Gasteiger partial charge in [-0.05, 0) is 25.9 Å². The molecule has 49 heavy (non-hydrogen) atoms. The molecule has 1 saturated heterocycles. The summed E-state index contributed by atoms with van der Waals surface area (Å²) in [5, 5.41) is 8.16. The summed E-state index contributed by atoms with van der Waals surface area (Å²) in [6, 6.07) is 0.855. The molecule has 14 nitrogen and oxygen atoms in total. The highest BCUT2D eigenvalue weighted by Gasteiger charge is 2.16. The second kappa shape index (κ2) is 26.1. The lowest BCUT2D eigenvalue weighted by atomic mass is 10.3.